The fourth-order valence-electron chi connectivity index (χ4n) is 6.64. The number of nitrogens with one attached hydrogen (secondary N) is 2. The second kappa shape index (κ2) is 15.5. The van der Waals surface area contributed by atoms with Crippen molar-refractivity contribution in [3.05, 3.63) is 87.9 Å². The number of hydrogen-bond donors (Lipinski definition) is 3. The van der Waals surface area contributed by atoms with E-state index in [1.807, 2.05) is 19.1 Å². The lowest BCUT2D eigenvalue weighted by atomic mass is 9.76. The highest BCUT2D eigenvalue weighted by atomic mass is 35.5. The number of carbonyl (C=O) groups excluding carboxylic acids is 1. The number of amides is 1. The Morgan fingerprint density at radius 2 is 1.74 bits per heavy atom. The SMILES string of the molecule is C[C@H]1CNC[C@H](CCCc2c(F)cncc2NC(=O)[C@@H](N)[C@@H](c2ccc(Cl)cc2)C2CCOCC2)N1S(=O)(=O)c1ccc(Cl)cc1. The van der Waals surface area contributed by atoms with Gasteiger partial charge in [0.1, 0.15) is 5.82 Å². The summed E-state index contributed by atoms with van der Waals surface area (Å²) in [6.07, 6.45) is 5.28. The van der Waals surface area contributed by atoms with Crippen LogP contribution < -0.4 is 16.4 Å². The summed E-state index contributed by atoms with van der Waals surface area (Å²) in [4.78, 5) is 17.8. The zero-order valence-electron chi connectivity index (χ0n) is 25.7. The van der Waals surface area contributed by atoms with Gasteiger partial charge < -0.3 is 21.1 Å². The van der Waals surface area contributed by atoms with E-state index >= 15 is 4.39 Å². The van der Waals surface area contributed by atoms with Crippen LogP contribution in [0.3, 0.4) is 0 Å². The number of anilines is 1. The Morgan fingerprint density at radius 3 is 2.41 bits per heavy atom. The van der Waals surface area contributed by atoms with Crippen LogP contribution in [-0.4, -0.2) is 68.0 Å². The minimum Gasteiger partial charge on any atom is -0.381 e. The molecule has 13 heteroatoms. The van der Waals surface area contributed by atoms with Crippen LogP contribution >= 0.6 is 23.2 Å². The molecule has 0 saturated carbocycles. The van der Waals surface area contributed by atoms with Gasteiger partial charge in [-0.25, -0.2) is 12.8 Å². The molecule has 4 N–H and O–H groups in total. The molecule has 2 fully saturated rings. The second-order valence-electron chi connectivity index (χ2n) is 12.0. The van der Waals surface area contributed by atoms with Crippen LogP contribution in [0.4, 0.5) is 10.1 Å². The van der Waals surface area contributed by atoms with Crippen molar-refractivity contribution in [2.75, 3.05) is 31.6 Å². The molecule has 0 spiro atoms. The van der Waals surface area contributed by atoms with Gasteiger partial charge in [0.2, 0.25) is 15.9 Å². The Balaban J connectivity index is 1.30. The number of halogens is 3. The molecule has 0 unspecified atom stereocenters. The van der Waals surface area contributed by atoms with Gasteiger partial charge in [0.05, 0.1) is 29.0 Å². The van der Waals surface area contributed by atoms with E-state index in [-0.39, 0.29) is 40.9 Å². The highest BCUT2D eigenvalue weighted by molar-refractivity contribution is 7.89. The third kappa shape index (κ3) is 8.07. The summed E-state index contributed by atoms with van der Waals surface area (Å²) >= 11 is 12.1. The number of sulfonamides is 1. The first-order chi connectivity index (χ1) is 22.1. The summed E-state index contributed by atoms with van der Waals surface area (Å²) in [5.74, 6) is -1.16. The number of aromatic nitrogens is 1. The normalized spacial score (nSPS) is 21.1. The highest BCUT2D eigenvalue weighted by Crippen LogP contribution is 2.36. The van der Waals surface area contributed by atoms with Crippen LogP contribution in [-0.2, 0) is 26.0 Å². The molecule has 0 bridgehead atoms. The standard InChI is InChI=1S/C33H40Cl2FN5O4S/c1-21-17-38-18-26(41(21)46(43,44)27-11-9-25(35)10-12-27)3-2-4-28-29(36)19-39-20-30(28)40-33(42)32(37)31(23-13-15-45-16-14-23)22-5-7-24(34)8-6-22/h5-12,19-21,23,26,31-32,38H,2-4,13-18,37H2,1H3,(H,40,42)/t21-,26-,31-,32-/m0/s1. The molecule has 2 saturated heterocycles. The predicted molar refractivity (Wildman–Crippen MR) is 178 cm³/mol. The molecule has 0 aliphatic carbocycles. The summed E-state index contributed by atoms with van der Waals surface area (Å²) in [5.41, 5.74) is 8.10. The Kier molecular flexibility index (Phi) is 11.7. The maximum absolute atomic E-state index is 15.2. The molecule has 248 valence electrons. The fourth-order valence-corrected chi connectivity index (χ4v) is 8.74. The first-order valence-corrected chi connectivity index (χ1v) is 17.8. The van der Waals surface area contributed by atoms with Crippen molar-refractivity contribution < 1.29 is 22.3 Å². The minimum absolute atomic E-state index is 0.124. The Morgan fingerprint density at radius 1 is 1.09 bits per heavy atom. The summed E-state index contributed by atoms with van der Waals surface area (Å²) in [6, 6.07) is 11.9. The Labute approximate surface area is 280 Å². The molecule has 9 nitrogen and oxygen atoms in total. The molecule has 2 aromatic carbocycles. The number of benzene rings is 2. The molecule has 1 aromatic heterocycles. The van der Waals surface area contributed by atoms with Crippen LogP contribution in [0.2, 0.25) is 10.0 Å². The van der Waals surface area contributed by atoms with Crippen molar-refractivity contribution in [1.82, 2.24) is 14.6 Å². The molecule has 3 heterocycles. The van der Waals surface area contributed by atoms with Gasteiger partial charge in [0.15, 0.2) is 0 Å². The fraction of sp³-hybridized carbons (Fsp3) is 0.455. The van der Waals surface area contributed by atoms with Crippen LogP contribution in [0.25, 0.3) is 0 Å². The summed E-state index contributed by atoms with van der Waals surface area (Å²) < 4.78 is 49.6. The lowest BCUT2D eigenvalue weighted by Gasteiger charge is -2.40. The van der Waals surface area contributed by atoms with Gasteiger partial charge in [-0.3, -0.25) is 9.78 Å². The largest absolute Gasteiger partial charge is 0.381 e. The quantitative estimate of drug-likeness (QED) is 0.247. The monoisotopic (exact) mass is 691 g/mol. The molecule has 2 aliphatic rings. The lowest BCUT2D eigenvalue weighted by molar-refractivity contribution is -0.118. The average Bonchev–Trinajstić information content (AvgIpc) is 3.04. The third-order valence-electron chi connectivity index (χ3n) is 8.95. The zero-order chi connectivity index (χ0) is 32.8. The van der Waals surface area contributed by atoms with Crippen molar-refractivity contribution in [3.63, 3.8) is 0 Å². The predicted octanol–water partition coefficient (Wildman–Crippen LogP) is 5.38. The first-order valence-electron chi connectivity index (χ1n) is 15.6. The number of hydrogen-bond acceptors (Lipinski definition) is 7. The average molecular weight is 693 g/mol. The topological polar surface area (TPSA) is 127 Å². The van der Waals surface area contributed by atoms with E-state index in [4.69, 9.17) is 33.7 Å². The summed E-state index contributed by atoms with van der Waals surface area (Å²) in [7, 11) is -3.79. The number of nitrogens with zero attached hydrogens (tertiary/aromatic N) is 2. The molecule has 5 rings (SSSR count). The summed E-state index contributed by atoms with van der Waals surface area (Å²) in [6.45, 7) is 4.03. The third-order valence-corrected chi connectivity index (χ3v) is 11.5. The summed E-state index contributed by atoms with van der Waals surface area (Å²) in [5, 5.41) is 7.21. The number of pyridine rings is 1. The van der Waals surface area contributed by atoms with E-state index in [1.165, 1.54) is 18.3 Å². The van der Waals surface area contributed by atoms with Crippen molar-refractivity contribution in [2.24, 2.45) is 11.7 Å². The van der Waals surface area contributed by atoms with E-state index < -0.39 is 27.8 Å². The zero-order valence-corrected chi connectivity index (χ0v) is 28.0. The molecule has 1 amide bonds. The molecular weight excluding hydrogens is 652 g/mol. The Bertz CT molecular complexity index is 1590. The number of piperazine rings is 1. The number of nitrogens with two attached hydrogens (primary N) is 1. The van der Waals surface area contributed by atoms with E-state index in [0.717, 1.165) is 24.6 Å². The van der Waals surface area contributed by atoms with Gasteiger partial charge in [0, 0.05) is 59.9 Å². The van der Waals surface area contributed by atoms with Crippen molar-refractivity contribution >= 4 is 44.8 Å². The van der Waals surface area contributed by atoms with Gasteiger partial charge in [0.25, 0.3) is 0 Å². The van der Waals surface area contributed by atoms with Crippen LogP contribution in [0.5, 0.6) is 0 Å². The molecule has 2 aliphatic heterocycles. The molecule has 4 atom stereocenters. The van der Waals surface area contributed by atoms with Crippen LogP contribution in [0.1, 0.15) is 49.7 Å². The highest BCUT2D eigenvalue weighted by Gasteiger charge is 2.38. The molecule has 0 radical (unpaired) electrons. The van der Waals surface area contributed by atoms with Gasteiger partial charge in [-0.05, 0) is 86.9 Å². The Hall–Kier alpha value is -2.64. The van der Waals surface area contributed by atoms with E-state index in [0.29, 0.717) is 54.8 Å². The van der Waals surface area contributed by atoms with Crippen LogP contribution in [0.15, 0.2) is 65.8 Å². The maximum atomic E-state index is 15.2. The van der Waals surface area contributed by atoms with Crippen molar-refractivity contribution in [3.8, 4) is 0 Å². The molecule has 46 heavy (non-hydrogen) atoms. The molecular formula is C33H40Cl2FN5O4S. The smallest absolute Gasteiger partial charge is 0.243 e. The first kappa shape index (κ1) is 34.7. The van der Waals surface area contributed by atoms with E-state index in [2.05, 4.69) is 15.6 Å². The van der Waals surface area contributed by atoms with Crippen LogP contribution in [0, 0.1) is 11.7 Å². The number of ether oxygens (including phenoxy) is 1. The second-order valence-corrected chi connectivity index (χ2v) is 14.7. The number of carbonyl (C=O) groups is 1. The van der Waals surface area contributed by atoms with Gasteiger partial charge in [-0.1, -0.05) is 35.3 Å². The molecule has 3 aromatic rings. The van der Waals surface area contributed by atoms with Crippen molar-refractivity contribution in [2.45, 2.75) is 68.0 Å². The van der Waals surface area contributed by atoms with Gasteiger partial charge in [-0.2, -0.15) is 4.31 Å². The van der Waals surface area contributed by atoms with Gasteiger partial charge in [-0.15, -0.1) is 0 Å². The number of rotatable bonds is 11. The lowest BCUT2D eigenvalue weighted by Crippen LogP contribution is -2.58. The minimum atomic E-state index is -3.79. The van der Waals surface area contributed by atoms with E-state index in [9.17, 15) is 13.2 Å². The maximum Gasteiger partial charge on any atom is 0.243 e. The van der Waals surface area contributed by atoms with Gasteiger partial charge >= 0.3 is 0 Å². The van der Waals surface area contributed by atoms with E-state index in [1.54, 1.807) is 28.6 Å². The van der Waals surface area contributed by atoms with Crippen molar-refractivity contribution in [1.29, 1.82) is 0 Å².